The minimum absolute atomic E-state index is 0.0402. The summed E-state index contributed by atoms with van der Waals surface area (Å²) in [4.78, 5) is 30.4. The van der Waals surface area contributed by atoms with Crippen LogP contribution in [0, 0.1) is 6.92 Å². The zero-order valence-electron chi connectivity index (χ0n) is 13.5. The third-order valence-corrected chi connectivity index (χ3v) is 5.59. The van der Waals surface area contributed by atoms with Crippen LogP contribution >= 0.6 is 11.3 Å². The molecule has 3 rings (SSSR count). The molecule has 0 bridgehead atoms. The molecule has 3 amide bonds. The molecule has 2 fully saturated rings. The molecule has 0 spiro atoms. The summed E-state index contributed by atoms with van der Waals surface area (Å²) in [6, 6.07) is 0.184. The Morgan fingerprint density at radius 1 is 1.48 bits per heavy atom. The van der Waals surface area contributed by atoms with Gasteiger partial charge < -0.3 is 15.5 Å². The molecule has 0 aromatic carbocycles. The fourth-order valence-electron chi connectivity index (χ4n) is 3.45. The normalized spacial score (nSPS) is 24.0. The SMILES string of the molecule is Cc1csc(CCCNC(=O)N2CC(=O)N[C@H]3CCCC[C@H]32)n1. The van der Waals surface area contributed by atoms with Crippen molar-refractivity contribution in [2.75, 3.05) is 13.1 Å². The van der Waals surface area contributed by atoms with Crippen molar-refractivity contribution < 1.29 is 9.59 Å². The van der Waals surface area contributed by atoms with Crippen molar-refractivity contribution in [1.82, 2.24) is 20.5 Å². The molecule has 2 aliphatic rings. The monoisotopic (exact) mass is 336 g/mol. The minimum Gasteiger partial charge on any atom is -0.350 e. The lowest BCUT2D eigenvalue weighted by Gasteiger charge is -2.43. The van der Waals surface area contributed by atoms with Crippen LogP contribution in [0.5, 0.6) is 0 Å². The number of hydrogen-bond acceptors (Lipinski definition) is 4. The van der Waals surface area contributed by atoms with Crippen LogP contribution in [-0.2, 0) is 11.2 Å². The predicted octanol–water partition coefficient (Wildman–Crippen LogP) is 1.84. The van der Waals surface area contributed by atoms with Gasteiger partial charge in [-0.05, 0) is 26.2 Å². The lowest BCUT2D eigenvalue weighted by Crippen LogP contribution is -2.64. The molecule has 1 saturated carbocycles. The minimum atomic E-state index is -0.105. The van der Waals surface area contributed by atoms with Crippen molar-refractivity contribution in [3.05, 3.63) is 16.1 Å². The van der Waals surface area contributed by atoms with Crippen LogP contribution in [0.15, 0.2) is 5.38 Å². The van der Waals surface area contributed by atoms with Gasteiger partial charge in [0.1, 0.15) is 6.54 Å². The summed E-state index contributed by atoms with van der Waals surface area (Å²) in [5, 5.41) is 9.15. The third kappa shape index (κ3) is 4.02. The number of aromatic nitrogens is 1. The zero-order chi connectivity index (χ0) is 16.2. The number of carbonyl (C=O) groups is 2. The van der Waals surface area contributed by atoms with Gasteiger partial charge in [0.2, 0.25) is 5.91 Å². The van der Waals surface area contributed by atoms with E-state index in [1.54, 1.807) is 16.2 Å². The van der Waals surface area contributed by atoms with Gasteiger partial charge in [0.25, 0.3) is 0 Å². The van der Waals surface area contributed by atoms with Crippen LogP contribution in [0.3, 0.4) is 0 Å². The number of piperazine rings is 1. The summed E-state index contributed by atoms with van der Waals surface area (Å²) in [6.45, 7) is 2.79. The van der Waals surface area contributed by atoms with Gasteiger partial charge in [-0.25, -0.2) is 9.78 Å². The van der Waals surface area contributed by atoms with E-state index >= 15 is 0 Å². The van der Waals surface area contributed by atoms with Crippen LogP contribution in [0.4, 0.5) is 4.79 Å². The largest absolute Gasteiger partial charge is 0.350 e. The average Bonchev–Trinajstić information content (AvgIpc) is 2.96. The maximum Gasteiger partial charge on any atom is 0.318 e. The van der Waals surface area contributed by atoms with E-state index in [4.69, 9.17) is 0 Å². The summed E-state index contributed by atoms with van der Waals surface area (Å²) >= 11 is 1.66. The van der Waals surface area contributed by atoms with Gasteiger partial charge in [-0.15, -0.1) is 11.3 Å². The molecule has 7 heteroatoms. The van der Waals surface area contributed by atoms with E-state index in [-0.39, 0.29) is 30.6 Å². The number of aryl methyl sites for hydroxylation is 2. The molecule has 1 saturated heterocycles. The van der Waals surface area contributed by atoms with E-state index in [1.807, 2.05) is 12.3 Å². The highest BCUT2D eigenvalue weighted by atomic mass is 32.1. The lowest BCUT2D eigenvalue weighted by molar-refractivity contribution is -0.126. The smallest absolute Gasteiger partial charge is 0.318 e. The topological polar surface area (TPSA) is 74.3 Å². The summed E-state index contributed by atoms with van der Waals surface area (Å²) in [5.74, 6) is -0.0402. The summed E-state index contributed by atoms with van der Waals surface area (Å²) in [5.41, 5.74) is 1.05. The number of carbonyl (C=O) groups excluding carboxylic acids is 2. The van der Waals surface area contributed by atoms with Crippen molar-refractivity contribution >= 4 is 23.3 Å². The highest BCUT2D eigenvalue weighted by Gasteiger charge is 2.38. The number of hydrogen-bond donors (Lipinski definition) is 2. The average molecular weight is 336 g/mol. The van der Waals surface area contributed by atoms with Crippen LogP contribution in [-0.4, -0.2) is 47.0 Å². The molecule has 1 aromatic rings. The first-order valence-electron chi connectivity index (χ1n) is 8.38. The second kappa shape index (κ2) is 7.29. The molecule has 1 aliphatic carbocycles. The second-order valence-electron chi connectivity index (χ2n) is 6.37. The Bertz CT molecular complexity index is 574. The number of thiazole rings is 1. The number of nitrogens with one attached hydrogen (secondary N) is 2. The third-order valence-electron chi connectivity index (χ3n) is 4.56. The Morgan fingerprint density at radius 2 is 2.30 bits per heavy atom. The maximum atomic E-state index is 12.4. The maximum absolute atomic E-state index is 12.4. The van der Waals surface area contributed by atoms with Crippen molar-refractivity contribution in [2.45, 2.75) is 57.5 Å². The molecular formula is C16H24N4O2S. The van der Waals surface area contributed by atoms with E-state index < -0.39 is 0 Å². The van der Waals surface area contributed by atoms with Crippen LogP contribution in [0.25, 0.3) is 0 Å². The van der Waals surface area contributed by atoms with Gasteiger partial charge in [-0.2, -0.15) is 0 Å². The lowest BCUT2D eigenvalue weighted by atomic mass is 9.87. The first-order valence-corrected chi connectivity index (χ1v) is 9.26. The van der Waals surface area contributed by atoms with Gasteiger partial charge in [-0.1, -0.05) is 12.8 Å². The molecule has 6 nitrogen and oxygen atoms in total. The Labute approximate surface area is 140 Å². The fourth-order valence-corrected chi connectivity index (χ4v) is 4.27. The van der Waals surface area contributed by atoms with Crippen molar-refractivity contribution in [2.24, 2.45) is 0 Å². The van der Waals surface area contributed by atoms with E-state index in [0.717, 1.165) is 49.2 Å². The number of amides is 3. The van der Waals surface area contributed by atoms with Crippen molar-refractivity contribution in [3.63, 3.8) is 0 Å². The van der Waals surface area contributed by atoms with Gasteiger partial charge in [-0.3, -0.25) is 4.79 Å². The van der Waals surface area contributed by atoms with Gasteiger partial charge in [0, 0.05) is 30.1 Å². The Kier molecular flexibility index (Phi) is 5.15. The van der Waals surface area contributed by atoms with E-state index in [9.17, 15) is 9.59 Å². The molecule has 0 radical (unpaired) electrons. The molecule has 1 aromatic heterocycles. The quantitative estimate of drug-likeness (QED) is 0.824. The van der Waals surface area contributed by atoms with Gasteiger partial charge in [0.15, 0.2) is 0 Å². The highest BCUT2D eigenvalue weighted by Crippen LogP contribution is 2.25. The summed E-state index contributed by atoms with van der Waals surface area (Å²) in [7, 11) is 0. The van der Waals surface area contributed by atoms with Crippen LogP contribution < -0.4 is 10.6 Å². The molecule has 0 unspecified atom stereocenters. The molecule has 126 valence electrons. The molecule has 2 heterocycles. The standard InChI is InChI=1S/C16H24N4O2S/c1-11-10-23-15(18-11)7-4-8-17-16(22)20-9-14(21)19-12-5-2-3-6-13(12)20/h10,12-13H,2-9H2,1H3,(H,17,22)(H,19,21)/t12-,13+/m0/s1. The molecule has 23 heavy (non-hydrogen) atoms. The van der Waals surface area contributed by atoms with E-state index in [2.05, 4.69) is 15.6 Å². The molecule has 2 N–H and O–H groups in total. The molecule has 1 aliphatic heterocycles. The van der Waals surface area contributed by atoms with Crippen molar-refractivity contribution in [1.29, 1.82) is 0 Å². The van der Waals surface area contributed by atoms with Crippen LogP contribution in [0.1, 0.15) is 42.8 Å². The first-order chi connectivity index (χ1) is 11.1. The zero-order valence-corrected chi connectivity index (χ0v) is 14.3. The van der Waals surface area contributed by atoms with Crippen molar-refractivity contribution in [3.8, 4) is 0 Å². The number of rotatable bonds is 4. The number of fused-ring (bicyclic) bond motifs is 1. The van der Waals surface area contributed by atoms with E-state index in [1.165, 1.54) is 0 Å². The number of nitrogens with zero attached hydrogens (tertiary/aromatic N) is 2. The number of urea groups is 1. The highest BCUT2D eigenvalue weighted by molar-refractivity contribution is 7.09. The summed E-state index contributed by atoms with van der Waals surface area (Å²) < 4.78 is 0. The van der Waals surface area contributed by atoms with Crippen LogP contribution in [0.2, 0.25) is 0 Å². The first kappa shape index (κ1) is 16.2. The Balaban J connectivity index is 1.47. The fraction of sp³-hybridized carbons (Fsp3) is 0.688. The Morgan fingerprint density at radius 3 is 3.09 bits per heavy atom. The van der Waals surface area contributed by atoms with Gasteiger partial charge >= 0.3 is 6.03 Å². The molecule has 2 atom stereocenters. The van der Waals surface area contributed by atoms with Gasteiger partial charge in [0.05, 0.1) is 11.0 Å². The molecular weight excluding hydrogens is 312 g/mol. The predicted molar refractivity (Wildman–Crippen MR) is 89.5 cm³/mol. The van der Waals surface area contributed by atoms with E-state index in [0.29, 0.717) is 6.54 Å². The Hall–Kier alpha value is -1.63. The second-order valence-corrected chi connectivity index (χ2v) is 7.31. The summed E-state index contributed by atoms with van der Waals surface area (Å²) in [6.07, 6.45) is 5.97.